The number of carboxylic acid groups (broad SMARTS) is 1. The number of aromatic nitrogens is 1. The number of carbonyl (C=O) groups is 2. The number of carboxylic acids is 1. The van der Waals surface area contributed by atoms with Crippen LogP contribution in [0.25, 0.3) is 10.2 Å². The van der Waals surface area contributed by atoms with Crippen molar-refractivity contribution in [1.29, 1.82) is 0 Å². The number of nitrogens with two attached hydrogens (primary N) is 1. The lowest BCUT2D eigenvalue weighted by Gasteiger charge is -2.15. The Hall–Kier alpha value is -2.42. The topological polar surface area (TPSA) is 105 Å². The van der Waals surface area contributed by atoms with Crippen LogP contribution < -0.4 is 11.1 Å². The Bertz CT molecular complexity index is 971. The number of hydrogen-bond acceptors (Lipinski definition) is 6. The zero-order valence-corrected chi connectivity index (χ0v) is 19.5. The summed E-state index contributed by atoms with van der Waals surface area (Å²) in [4.78, 5) is 28.1. The zero-order chi connectivity index (χ0) is 22.8. The van der Waals surface area contributed by atoms with Gasteiger partial charge in [0.05, 0.1) is 10.2 Å². The minimum Gasteiger partial charge on any atom is -0.481 e. The van der Waals surface area contributed by atoms with Crippen molar-refractivity contribution >= 4 is 45.2 Å². The normalized spacial score (nSPS) is 14.9. The standard InChI is InChI=1S/C18H16N2O3S2.C6H13N/c21-16(19-10-12-6-2-1-3-7-12)13(17(22)23)11-24-18-20-14-8-4-5-9-15(14)25-18;7-6-4-2-1-3-5-6/h1-9,13H,10-11H2,(H,19,21)(H,22,23);6H,1-5,7H2. The molecule has 0 radical (unpaired) electrons. The zero-order valence-electron chi connectivity index (χ0n) is 17.9. The third-order valence-corrected chi connectivity index (χ3v) is 7.49. The fraction of sp³-hybridized carbons (Fsp3) is 0.375. The molecular formula is C24H29N3O3S2. The second kappa shape index (κ2) is 12.6. The van der Waals surface area contributed by atoms with Crippen LogP contribution in [0.4, 0.5) is 0 Å². The van der Waals surface area contributed by atoms with E-state index in [1.54, 1.807) is 0 Å². The Balaban J connectivity index is 0.000000352. The minimum atomic E-state index is -1.13. The first-order valence-corrected chi connectivity index (χ1v) is 12.6. The van der Waals surface area contributed by atoms with Gasteiger partial charge in [-0.25, -0.2) is 4.98 Å². The van der Waals surface area contributed by atoms with E-state index in [9.17, 15) is 14.7 Å². The average molecular weight is 472 g/mol. The molecule has 4 N–H and O–H groups in total. The number of para-hydroxylation sites is 1. The number of nitrogens with one attached hydrogen (secondary N) is 1. The van der Waals surface area contributed by atoms with E-state index in [0.29, 0.717) is 12.6 Å². The Morgan fingerprint density at radius 2 is 1.78 bits per heavy atom. The molecule has 1 unspecified atom stereocenters. The molecule has 1 aromatic heterocycles. The van der Waals surface area contributed by atoms with Gasteiger partial charge in [-0.2, -0.15) is 0 Å². The van der Waals surface area contributed by atoms with Gasteiger partial charge in [0.2, 0.25) is 5.91 Å². The van der Waals surface area contributed by atoms with Crippen LogP contribution in [0.15, 0.2) is 58.9 Å². The van der Waals surface area contributed by atoms with Gasteiger partial charge in [-0.3, -0.25) is 9.59 Å². The van der Waals surface area contributed by atoms with Crippen molar-refractivity contribution in [2.45, 2.75) is 49.0 Å². The highest BCUT2D eigenvalue weighted by Crippen LogP contribution is 2.30. The Labute approximate surface area is 196 Å². The van der Waals surface area contributed by atoms with Crippen molar-refractivity contribution in [3.05, 3.63) is 60.2 Å². The maximum atomic E-state index is 12.2. The summed E-state index contributed by atoms with van der Waals surface area (Å²) in [7, 11) is 0. The predicted octanol–water partition coefficient (Wildman–Crippen LogP) is 4.68. The van der Waals surface area contributed by atoms with Crippen LogP contribution in [-0.2, 0) is 16.1 Å². The van der Waals surface area contributed by atoms with E-state index in [4.69, 9.17) is 5.73 Å². The maximum Gasteiger partial charge on any atom is 0.316 e. The molecule has 1 amide bonds. The number of thiazole rings is 1. The third kappa shape index (κ3) is 7.62. The van der Waals surface area contributed by atoms with Gasteiger partial charge in [0.1, 0.15) is 5.92 Å². The van der Waals surface area contributed by atoms with Crippen LogP contribution in [0, 0.1) is 5.92 Å². The van der Waals surface area contributed by atoms with Crippen LogP contribution in [-0.4, -0.2) is 33.8 Å². The summed E-state index contributed by atoms with van der Waals surface area (Å²) < 4.78 is 1.81. The van der Waals surface area contributed by atoms with Crippen LogP contribution in [0.1, 0.15) is 37.7 Å². The van der Waals surface area contributed by atoms with E-state index in [0.717, 1.165) is 20.1 Å². The summed E-state index contributed by atoms with van der Waals surface area (Å²) in [5.41, 5.74) is 7.45. The highest BCUT2D eigenvalue weighted by molar-refractivity contribution is 8.01. The summed E-state index contributed by atoms with van der Waals surface area (Å²) in [5, 5.41) is 12.1. The molecule has 1 atom stereocenters. The molecule has 1 saturated carbocycles. The molecule has 4 rings (SSSR count). The van der Waals surface area contributed by atoms with Crippen LogP contribution in [0.5, 0.6) is 0 Å². The summed E-state index contributed by atoms with van der Waals surface area (Å²) >= 11 is 2.80. The number of nitrogens with zero attached hydrogens (tertiary/aromatic N) is 1. The quantitative estimate of drug-likeness (QED) is 0.341. The maximum absolute atomic E-state index is 12.2. The van der Waals surface area contributed by atoms with Gasteiger partial charge in [0.25, 0.3) is 0 Å². The summed E-state index contributed by atoms with van der Waals surface area (Å²) in [6, 6.07) is 17.7. The van der Waals surface area contributed by atoms with Crippen molar-refractivity contribution in [2.75, 3.05) is 5.75 Å². The largest absolute Gasteiger partial charge is 0.481 e. The fourth-order valence-corrected chi connectivity index (χ4v) is 5.54. The van der Waals surface area contributed by atoms with Gasteiger partial charge in [-0.1, -0.05) is 73.5 Å². The third-order valence-electron chi connectivity index (χ3n) is 5.22. The highest BCUT2D eigenvalue weighted by atomic mass is 32.2. The van der Waals surface area contributed by atoms with Gasteiger partial charge >= 0.3 is 5.97 Å². The molecular weight excluding hydrogens is 442 g/mol. The number of aliphatic carboxylic acids is 1. The van der Waals surface area contributed by atoms with Crippen molar-refractivity contribution in [1.82, 2.24) is 10.3 Å². The molecule has 0 bridgehead atoms. The number of hydrogen-bond donors (Lipinski definition) is 3. The minimum absolute atomic E-state index is 0.149. The Morgan fingerprint density at radius 3 is 2.41 bits per heavy atom. The lowest BCUT2D eigenvalue weighted by molar-refractivity contribution is -0.145. The first kappa shape index (κ1) is 24.2. The molecule has 0 aliphatic heterocycles. The first-order valence-electron chi connectivity index (χ1n) is 10.8. The van der Waals surface area contributed by atoms with Crippen molar-refractivity contribution in [3.8, 4) is 0 Å². The molecule has 3 aromatic rings. The smallest absolute Gasteiger partial charge is 0.316 e. The number of amides is 1. The van der Waals surface area contributed by atoms with Gasteiger partial charge in [-0.05, 0) is 30.5 Å². The molecule has 1 heterocycles. The first-order chi connectivity index (χ1) is 15.5. The van der Waals surface area contributed by atoms with E-state index in [2.05, 4.69) is 10.3 Å². The van der Waals surface area contributed by atoms with Gasteiger partial charge < -0.3 is 16.2 Å². The molecule has 1 aliphatic rings. The van der Waals surface area contributed by atoms with Gasteiger partial charge in [0.15, 0.2) is 4.34 Å². The van der Waals surface area contributed by atoms with Crippen LogP contribution in [0.3, 0.4) is 0 Å². The second-order valence-corrected chi connectivity index (χ2v) is 10.0. The number of benzene rings is 2. The Kier molecular flexibility index (Phi) is 9.52. The Morgan fingerprint density at radius 1 is 1.09 bits per heavy atom. The van der Waals surface area contributed by atoms with Crippen molar-refractivity contribution < 1.29 is 14.7 Å². The molecule has 2 aromatic carbocycles. The molecule has 0 spiro atoms. The van der Waals surface area contributed by atoms with E-state index >= 15 is 0 Å². The number of thioether (sulfide) groups is 1. The van der Waals surface area contributed by atoms with E-state index < -0.39 is 17.8 Å². The highest BCUT2D eigenvalue weighted by Gasteiger charge is 2.26. The summed E-state index contributed by atoms with van der Waals surface area (Å²) in [6.07, 6.45) is 6.66. The summed E-state index contributed by atoms with van der Waals surface area (Å²) in [6.45, 7) is 0.315. The van der Waals surface area contributed by atoms with Crippen LogP contribution in [0.2, 0.25) is 0 Å². The molecule has 8 heteroatoms. The molecule has 1 fully saturated rings. The molecule has 1 aliphatic carbocycles. The van der Waals surface area contributed by atoms with Gasteiger partial charge in [-0.15, -0.1) is 11.3 Å². The predicted molar refractivity (Wildman–Crippen MR) is 131 cm³/mol. The molecule has 32 heavy (non-hydrogen) atoms. The monoisotopic (exact) mass is 471 g/mol. The number of rotatable bonds is 7. The molecule has 170 valence electrons. The number of carbonyl (C=O) groups excluding carboxylic acids is 1. The SMILES string of the molecule is NC1CCCCC1.O=C(O)C(CSc1nc2ccccc2s1)C(=O)NCc1ccccc1. The lowest BCUT2D eigenvalue weighted by Crippen LogP contribution is -2.36. The number of fused-ring (bicyclic) bond motifs is 1. The van der Waals surface area contributed by atoms with Gasteiger partial charge in [0, 0.05) is 18.3 Å². The van der Waals surface area contributed by atoms with E-state index in [1.165, 1.54) is 55.2 Å². The fourth-order valence-electron chi connectivity index (χ4n) is 3.37. The van der Waals surface area contributed by atoms with Crippen LogP contribution >= 0.6 is 23.1 Å². The lowest BCUT2D eigenvalue weighted by atomic mass is 9.97. The molecule has 6 nitrogen and oxygen atoms in total. The second-order valence-electron chi connectivity index (χ2n) is 7.75. The van der Waals surface area contributed by atoms with E-state index in [1.807, 2.05) is 54.6 Å². The van der Waals surface area contributed by atoms with Crippen molar-refractivity contribution in [2.24, 2.45) is 11.7 Å². The average Bonchev–Trinajstić information content (AvgIpc) is 3.22. The molecule has 0 saturated heterocycles. The van der Waals surface area contributed by atoms with Crippen molar-refractivity contribution in [3.63, 3.8) is 0 Å². The summed E-state index contributed by atoms with van der Waals surface area (Å²) in [5.74, 6) is -2.57. The van der Waals surface area contributed by atoms with E-state index in [-0.39, 0.29) is 5.75 Å².